The molecule has 0 aliphatic heterocycles. The minimum atomic E-state index is -1.60. The Bertz CT molecular complexity index is 427. The lowest BCUT2D eigenvalue weighted by Crippen LogP contribution is -2.31. The van der Waals surface area contributed by atoms with Crippen molar-refractivity contribution in [3.05, 3.63) is 12.2 Å². The van der Waals surface area contributed by atoms with E-state index in [0.717, 1.165) is 32.1 Å². The minimum Gasteiger partial charge on any atom is -0.469 e. The molecule has 0 aromatic carbocycles. The number of methoxy groups -OCH3 is 1. The van der Waals surface area contributed by atoms with Gasteiger partial charge in [0.1, 0.15) is 6.10 Å². The molecule has 1 atom stereocenters. The predicted molar refractivity (Wildman–Crippen MR) is 109 cm³/mol. The summed E-state index contributed by atoms with van der Waals surface area (Å²) in [6, 6.07) is 0. The van der Waals surface area contributed by atoms with Crippen LogP contribution in [0, 0.1) is 11.8 Å². The van der Waals surface area contributed by atoms with Crippen LogP contribution >= 0.6 is 0 Å². The second kappa shape index (κ2) is 15.2. The Balaban J connectivity index is 4.19. The molecule has 0 heterocycles. The van der Waals surface area contributed by atoms with Gasteiger partial charge in [-0.15, -0.1) is 0 Å². The van der Waals surface area contributed by atoms with E-state index < -0.39 is 8.32 Å². The van der Waals surface area contributed by atoms with Crippen molar-refractivity contribution in [1.29, 1.82) is 0 Å². The Hall–Kier alpha value is -1.05. The SMILES string of the molecule is CCCCCCC=CC#CC(CCCCCC(=O)OC)O[Si](C)(C)C. The maximum Gasteiger partial charge on any atom is 0.305 e. The van der Waals surface area contributed by atoms with Crippen molar-refractivity contribution in [2.45, 2.75) is 96.9 Å². The van der Waals surface area contributed by atoms with E-state index in [-0.39, 0.29) is 12.1 Å². The lowest BCUT2D eigenvalue weighted by atomic mass is 10.1. The zero-order chi connectivity index (χ0) is 19.0. The van der Waals surface area contributed by atoms with E-state index in [9.17, 15) is 4.79 Å². The summed E-state index contributed by atoms with van der Waals surface area (Å²) in [5, 5.41) is 0. The lowest BCUT2D eigenvalue weighted by molar-refractivity contribution is -0.140. The van der Waals surface area contributed by atoms with E-state index in [1.54, 1.807) is 0 Å². The second-order valence-electron chi connectivity index (χ2n) is 7.43. The van der Waals surface area contributed by atoms with Gasteiger partial charge >= 0.3 is 5.97 Å². The monoisotopic (exact) mass is 366 g/mol. The molecule has 0 rings (SSSR count). The van der Waals surface area contributed by atoms with Crippen molar-refractivity contribution in [2.75, 3.05) is 7.11 Å². The van der Waals surface area contributed by atoms with Crippen LogP contribution in [0.5, 0.6) is 0 Å². The maximum absolute atomic E-state index is 11.1. The third-order valence-corrected chi connectivity index (χ3v) is 4.73. The van der Waals surface area contributed by atoms with Crippen LogP contribution in [-0.2, 0) is 14.0 Å². The van der Waals surface area contributed by atoms with E-state index in [4.69, 9.17) is 4.43 Å². The average molecular weight is 367 g/mol. The number of rotatable bonds is 13. The molecule has 25 heavy (non-hydrogen) atoms. The Morgan fingerprint density at radius 1 is 1.08 bits per heavy atom. The third-order valence-electron chi connectivity index (χ3n) is 3.74. The van der Waals surface area contributed by atoms with Crippen LogP contribution < -0.4 is 0 Å². The summed E-state index contributed by atoms with van der Waals surface area (Å²) >= 11 is 0. The van der Waals surface area contributed by atoms with Gasteiger partial charge in [-0.25, -0.2) is 0 Å². The molecule has 0 aromatic heterocycles. The lowest BCUT2D eigenvalue weighted by Gasteiger charge is -2.22. The van der Waals surface area contributed by atoms with Gasteiger partial charge in [0.25, 0.3) is 0 Å². The molecular formula is C21H38O3Si. The number of allylic oxidation sites excluding steroid dienone is 2. The van der Waals surface area contributed by atoms with Crippen LogP contribution in [0.25, 0.3) is 0 Å². The van der Waals surface area contributed by atoms with Gasteiger partial charge in [0.15, 0.2) is 8.32 Å². The molecule has 0 fully saturated rings. The number of hydrogen-bond donors (Lipinski definition) is 0. The standard InChI is InChI=1S/C21H38O3Si/c1-6-7-8-9-10-11-12-14-17-20(24-25(3,4)5)18-15-13-16-19-21(22)23-2/h11-12,20H,6-10,13,15-16,18-19H2,1-5H3. The van der Waals surface area contributed by atoms with Crippen molar-refractivity contribution in [3.63, 3.8) is 0 Å². The average Bonchev–Trinajstić information content (AvgIpc) is 2.55. The fourth-order valence-electron chi connectivity index (χ4n) is 2.44. The molecule has 0 aliphatic rings. The molecule has 0 N–H and O–H groups in total. The number of carbonyl (C=O) groups is 1. The zero-order valence-corrected chi connectivity index (χ0v) is 18.0. The highest BCUT2D eigenvalue weighted by Gasteiger charge is 2.19. The molecule has 0 bridgehead atoms. The van der Waals surface area contributed by atoms with Gasteiger partial charge in [-0.3, -0.25) is 4.79 Å². The molecule has 0 saturated heterocycles. The van der Waals surface area contributed by atoms with Crippen LogP contribution in [0.2, 0.25) is 19.6 Å². The molecule has 144 valence electrons. The summed E-state index contributed by atoms with van der Waals surface area (Å²) in [5.74, 6) is 6.31. The predicted octanol–water partition coefficient (Wildman–Crippen LogP) is 5.86. The number of hydrogen-bond acceptors (Lipinski definition) is 3. The first kappa shape index (κ1) is 23.9. The number of esters is 1. The van der Waals surface area contributed by atoms with Crippen molar-refractivity contribution < 1.29 is 14.0 Å². The van der Waals surface area contributed by atoms with Gasteiger partial charge in [-0.05, 0) is 57.8 Å². The maximum atomic E-state index is 11.1. The Morgan fingerprint density at radius 2 is 1.80 bits per heavy atom. The molecule has 4 heteroatoms. The molecule has 0 radical (unpaired) electrons. The number of carbonyl (C=O) groups excluding carboxylic acids is 1. The van der Waals surface area contributed by atoms with Gasteiger partial charge in [0.05, 0.1) is 7.11 Å². The first-order valence-corrected chi connectivity index (χ1v) is 13.2. The summed E-state index contributed by atoms with van der Waals surface area (Å²) in [7, 11) is -0.166. The highest BCUT2D eigenvalue weighted by Crippen LogP contribution is 2.14. The number of ether oxygens (including phenoxy) is 1. The van der Waals surface area contributed by atoms with Gasteiger partial charge in [0, 0.05) is 6.42 Å². The van der Waals surface area contributed by atoms with Gasteiger partial charge < -0.3 is 9.16 Å². The van der Waals surface area contributed by atoms with E-state index in [1.807, 2.05) is 6.08 Å². The molecule has 0 saturated carbocycles. The normalized spacial score (nSPS) is 12.7. The molecule has 1 unspecified atom stereocenters. The van der Waals surface area contributed by atoms with Crippen molar-refractivity contribution >= 4 is 14.3 Å². The summed E-state index contributed by atoms with van der Waals surface area (Å²) in [6.45, 7) is 8.82. The summed E-state index contributed by atoms with van der Waals surface area (Å²) < 4.78 is 10.8. The first-order valence-electron chi connectivity index (χ1n) is 9.79. The minimum absolute atomic E-state index is 0.00883. The van der Waals surface area contributed by atoms with E-state index in [2.05, 4.69) is 49.2 Å². The van der Waals surface area contributed by atoms with Crippen LogP contribution in [-0.4, -0.2) is 27.5 Å². The van der Waals surface area contributed by atoms with Crippen LogP contribution in [0.1, 0.15) is 71.1 Å². The molecule has 3 nitrogen and oxygen atoms in total. The third kappa shape index (κ3) is 17.6. The molecule has 0 amide bonds. The zero-order valence-electron chi connectivity index (χ0n) is 17.0. The summed E-state index contributed by atoms with van der Waals surface area (Å²) in [4.78, 5) is 11.1. The second-order valence-corrected chi connectivity index (χ2v) is 11.9. The van der Waals surface area contributed by atoms with Gasteiger partial charge in [-0.2, -0.15) is 0 Å². The Kier molecular flexibility index (Phi) is 14.6. The van der Waals surface area contributed by atoms with Crippen molar-refractivity contribution in [2.24, 2.45) is 0 Å². The van der Waals surface area contributed by atoms with Gasteiger partial charge in [-0.1, -0.05) is 50.5 Å². The Labute approximate surface area is 156 Å². The highest BCUT2D eigenvalue weighted by molar-refractivity contribution is 6.69. The number of unbranched alkanes of at least 4 members (excludes halogenated alkanes) is 6. The smallest absolute Gasteiger partial charge is 0.305 e. The first-order chi connectivity index (χ1) is 11.9. The largest absolute Gasteiger partial charge is 0.469 e. The highest BCUT2D eigenvalue weighted by atomic mass is 28.4. The molecular weight excluding hydrogens is 328 g/mol. The fourth-order valence-corrected chi connectivity index (χ4v) is 3.47. The van der Waals surface area contributed by atoms with Gasteiger partial charge in [0.2, 0.25) is 0 Å². The summed E-state index contributed by atoms with van der Waals surface area (Å²) in [5.41, 5.74) is 0. The van der Waals surface area contributed by atoms with Crippen LogP contribution in [0.15, 0.2) is 12.2 Å². The van der Waals surface area contributed by atoms with E-state index >= 15 is 0 Å². The quantitative estimate of drug-likeness (QED) is 0.177. The van der Waals surface area contributed by atoms with E-state index in [0.29, 0.717) is 6.42 Å². The van der Waals surface area contributed by atoms with E-state index in [1.165, 1.54) is 32.8 Å². The summed E-state index contributed by atoms with van der Waals surface area (Å²) in [6.07, 6.45) is 14.8. The van der Waals surface area contributed by atoms with Crippen LogP contribution in [0.4, 0.5) is 0 Å². The topological polar surface area (TPSA) is 35.5 Å². The molecule has 0 aromatic rings. The Morgan fingerprint density at radius 3 is 2.44 bits per heavy atom. The van der Waals surface area contributed by atoms with Crippen LogP contribution in [0.3, 0.4) is 0 Å². The van der Waals surface area contributed by atoms with Crippen molar-refractivity contribution in [3.8, 4) is 11.8 Å². The molecule has 0 aliphatic carbocycles. The molecule has 0 spiro atoms. The fraction of sp³-hybridized carbons (Fsp3) is 0.762. The van der Waals surface area contributed by atoms with Crippen molar-refractivity contribution in [1.82, 2.24) is 0 Å².